The minimum absolute atomic E-state index is 0.0583. The van der Waals surface area contributed by atoms with Crippen LogP contribution in [0.25, 0.3) is 0 Å². The van der Waals surface area contributed by atoms with Crippen LogP contribution in [0.4, 0.5) is 0 Å². The Kier molecular flexibility index (Phi) is 7.69. The summed E-state index contributed by atoms with van der Waals surface area (Å²) in [6, 6.07) is 10.1. The maximum atomic E-state index is 11.7. The van der Waals surface area contributed by atoms with Crippen LogP contribution < -0.4 is 0 Å². The molecular weight excluding hydrogens is 384 g/mol. The Morgan fingerprint density at radius 2 is 2.00 bits per heavy atom. The van der Waals surface area contributed by atoms with Crippen molar-refractivity contribution in [2.24, 2.45) is 5.92 Å². The summed E-state index contributed by atoms with van der Waals surface area (Å²) in [5.74, 6) is -0.931. The van der Waals surface area contributed by atoms with Crippen molar-refractivity contribution < 1.29 is 28.5 Å². The summed E-state index contributed by atoms with van der Waals surface area (Å²) in [5.41, 5.74) is 1.14. The Balaban J connectivity index is 1.63. The van der Waals surface area contributed by atoms with Crippen molar-refractivity contribution in [1.82, 2.24) is 0 Å². The molecule has 3 rings (SSSR count). The molecule has 0 unspecified atom stereocenters. The molecule has 0 saturated carbocycles. The van der Waals surface area contributed by atoms with Gasteiger partial charge in [-0.2, -0.15) is 0 Å². The van der Waals surface area contributed by atoms with E-state index >= 15 is 0 Å². The molecule has 1 aromatic rings. The van der Waals surface area contributed by atoms with Crippen LogP contribution in [0.1, 0.15) is 46.1 Å². The highest BCUT2D eigenvalue weighted by molar-refractivity contribution is 5.66. The topological polar surface area (TPSA) is 63.2 Å². The fraction of sp³-hybridized carbons (Fsp3) is 0.625. The summed E-state index contributed by atoms with van der Waals surface area (Å²) in [5, 5.41) is 0. The summed E-state index contributed by atoms with van der Waals surface area (Å²) in [7, 11) is 0. The monoisotopic (exact) mass is 418 g/mol. The predicted octanol–water partition coefficient (Wildman–Crippen LogP) is 4.02. The third-order valence-corrected chi connectivity index (χ3v) is 5.73. The zero-order valence-electron chi connectivity index (χ0n) is 18.4. The van der Waals surface area contributed by atoms with Crippen molar-refractivity contribution >= 4 is 5.97 Å². The first-order valence-electron chi connectivity index (χ1n) is 10.7. The van der Waals surface area contributed by atoms with Crippen LogP contribution in [-0.2, 0) is 35.1 Å². The number of hydrogen-bond donors (Lipinski definition) is 0. The van der Waals surface area contributed by atoms with Gasteiger partial charge in [0.2, 0.25) is 0 Å². The van der Waals surface area contributed by atoms with Crippen LogP contribution in [0.15, 0.2) is 43.0 Å². The second-order valence-corrected chi connectivity index (χ2v) is 8.58. The second kappa shape index (κ2) is 10.1. The maximum Gasteiger partial charge on any atom is 0.302 e. The first-order chi connectivity index (χ1) is 14.3. The minimum atomic E-state index is -0.707. The number of ether oxygens (including phenoxy) is 5. The van der Waals surface area contributed by atoms with Crippen molar-refractivity contribution in [1.29, 1.82) is 0 Å². The van der Waals surface area contributed by atoms with E-state index in [1.165, 1.54) is 6.92 Å². The summed E-state index contributed by atoms with van der Waals surface area (Å²) >= 11 is 0. The lowest BCUT2D eigenvalue weighted by Gasteiger charge is -2.42. The molecule has 0 spiro atoms. The molecule has 2 fully saturated rings. The molecule has 0 aromatic heterocycles. The molecule has 6 nitrogen and oxygen atoms in total. The fourth-order valence-electron chi connectivity index (χ4n) is 4.25. The number of benzene rings is 1. The molecule has 2 heterocycles. The van der Waals surface area contributed by atoms with Gasteiger partial charge in [-0.15, -0.1) is 6.58 Å². The zero-order valence-corrected chi connectivity index (χ0v) is 18.4. The lowest BCUT2D eigenvalue weighted by Crippen LogP contribution is -2.51. The fourth-order valence-corrected chi connectivity index (χ4v) is 4.25. The maximum absolute atomic E-state index is 11.7. The third kappa shape index (κ3) is 5.91. The van der Waals surface area contributed by atoms with E-state index in [9.17, 15) is 4.79 Å². The second-order valence-electron chi connectivity index (χ2n) is 8.58. The molecule has 0 amide bonds. The highest BCUT2D eigenvalue weighted by atomic mass is 16.8. The minimum Gasteiger partial charge on any atom is -0.462 e. The van der Waals surface area contributed by atoms with Crippen molar-refractivity contribution in [3.63, 3.8) is 0 Å². The van der Waals surface area contributed by atoms with E-state index in [0.29, 0.717) is 26.1 Å². The highest BCUT2D eigenvalue weighted by Gasteiger charge is 2.49. The van der Waals surface area contributed by atoms with E-state index in [2.05, 4.69) is 13.5 Å². The highest BCUT2D eigenvalue weighted by Crippen LogP contribution is 2.38. The van der Waals surface area contributed by atoms with Crippen molar-refractivity contribution in [2.45, 2.75) is 83.5 Å². The molecule has 6 atom stereocenters. The van der Waals surface area contributed by atoms with Crippen LogP contribution in [0, 0.1) is 5.92 Å². The third-order valence-electron chi connectivity index (χ3n) is 5.73. The lowest BCUT2D eigenvalue weighted by atomic mass is 9.86. The van der Waals surface area contributed by atoms with Crippen LogP contribution in [0.3, 0.4) is 0 Å². The van der Waals surface area contributed by atoms with E-state index in [1.807, 2.05) is 44.2 Å². The normalized spacial score (nSPS) is 33.2. The van der Waals surface area contributed by atoms with Gasteiger partial charge in [0.05, 0.1) is 18.8 Å². The van der Waals surface area contributed by atoms with Crippen LogP contribution in [0.2, 0.25) is 0 Å². The van der Waals surface area contributed by atoms with Gasteiger partial charge in [0.15, 0.2) is 5.79 Å². The Bertz CT molecular complexity index is 703. The molecule has 0 aliphatic carbocycles. The van der Waals surface area contributed by atoms with Crippen LogP contribution >= 0.6 is 0 Å². The van der Waals surface area contributed by atoms with Gasteiger partial charge in [0.25, 0.3) is 0 Å². The Morgan fingerprint density at radius 1 is 1.27 bits per heavy atom. The van der Waals surface area contributed by atoms with Gasteiger partial charge in [0.1, 0.15) is 18.3 Å². The molecule has 2 aliphatic heterocycles. The molecule has 1 aromatic carbocycles. The van der Waals surface area contributed by atoms with Crippen LogP contribution in [0.5, 0.6) is 0 Å². The van der Waals surface area contributed by atoms with Gasteiger partial charge in [-0.3, -0.25) is 4.79 Å². The average Bonchev–Trinajstić information content (AvgIpc) is 3.03. The molecule has 0 radical (unpaired) electrons. The molecule has 0 N–H and O–H groups in total. The number of carbonyl (C=O) groups is 1. The number of hydrogen-bond acceptors (Lipinski definition) is 6. The van der Waals surface area contributed by atoms with Gasteiger partial charge in [-0.25, -0.2) is 0 Å². The summed E-state index contributed by atoms with van der Waals surface area (Å²) in [6.07, 6.45) is 1.85. The summed E-state index contributed by atoms with van der Waals surface area (Å²) in [6.45, 7) is 12.3. The van der Waals surface area contributed by atoms with Crippen molar-refractivity contribution in [2.75, 3.05) is 6.61 Å². The Hall–Kier alpha value is -1.73. The van der Waals surface area contributed by atoms with Gasteiger partial charge >= 0.3 is 5.97 Å². The lowest BCUT2D eigenvalue weighted by molar-refractivity contribution is -0.204. The first-order valence-corrected chi connectivity index (χ1v) is 10.7. The van der Waals surface area contributed by atoms with E-state index in [0.717, 1.165) is 5.56 Å². The Labute approximate surface area is 179 Å². The van der Waals surface area contributed by atoms with E-state index in [-0.39, 0.29) is 42.4 Å². The smallest absolute Gasteiger partial charge is 0.302 e. The number of rotatable bonds is 8. The number of carbonyl (C=O) groups excluding carboxylic acids is 1. The Morgan fingerprint density at radius 3 is 2.67 bits per heavy atom. The average molecular weight is 419 g/mol. The van der Waals surface area contributed by atoms with Gasteiger partial charge in [0, 0.05) is 25.9 Å². The molecule has 2 saturated heterocycles. The molecule has 0 bridgehead atoms. The van der Waals surface area contributed by atoms with Gasteiger partial charge in [-0.1, -0.05) is 43.3 Å². The molecule has 2 aliphatic rings. The molecule has 6 heteroatoms. The zero-order chi connectivity index (χ0) is 21.7. The molecule has 30 heavy (non-hydrogen) atoms. The standard InChI is InChI=1S/C24H34O6/c1-6-19-23(30-24(4,5)29-19)22-14-21(27-17(3)25)16(2)20(28-22)12-13-26-15-18-10-8-7-9-11-18/h6-11,16,19-23H,1,12-15H2,2-5H3/t16-,19-,20+,21+,22+,23-/m0/s1. The first kappa shape index (κ1) is 22.9. The van der Waals surface area contributed by atoms with Gasteiger partial charge in [-0.05, 0) is 25.8 Å². The van der Waals surface area contributed by atoms with E-state index in [1.54, 1.807) is 6.08 Å². The van der Waals surface area contributed by atoms with E-state index in [4.69, 9.17) is 23.7 Å². The summed E-state index contributed by atoms with van der Waals surface area (Å²) in [4.78, 5) is 11.7. The van der Waals surface area contributed by atoms with Gasteiger partial charge < -0.3 is 23.7 Å². The van der Waals surface area contributed by atoms with Crippen molar-refractivity contribution in [3.8, 4) is 0 Å². The quantitative estimate of drug-likeness (QED) is 0.361. The SMILES string of the molecule is C=C[C@@H]1OC(C)(C)O[C@@H]1[C@H]1C[C@@H](OC(C)=O)[C@@H](C)[C@@H](CCOCc2ccccc2)O1. The van der Waals surface area contributed by atoms with E-state index < -0.39 is 5.79 Å². The molecular formula is C24H34O6. The van der Waals surface area contributed by atoms with Crippen LogP contribution in [-0.4, -0.2) is 48.9 Å². The summed E-state index contributed by atoms with van der Waals surface area (Å²) < 4.78 is 30.0. The predicted molar refractivity (Wildman–Crippen MR) is 113 cm³/mol. The van der Waals surface area contributed by atoms with Crippen molar-refractivity contribution in [3.05, 3.63) is 48.6 Å². The largest absolute Gasteiger partial charge is 0.462 e. The number of esters is 1. The molecule has 166 valence electrons.